The molecule has 0 fully saturated rings. The van der Waals surface area contributed by atoms with E-state index >= 15 is 0 Å². The third-order valence-electron chi connectivity index (χ3n) is 3.71. The molecule has 0 heterocycles. The maximum absolute atomic E-state index is 12.0. The van der Waals surface area contributed by atoms with Gasteiger partial charge in [0.25, 0.3) is 0 Å². The molecule has 5 nitrogen and oxygen atoms in total. The first-order valence-electron chi connectivity index (χ1n) is 8.12. The molecule has 2 amide bonds. The lowest BCUT2D eigenvalue weighted by Gasteiger charge is -2.19. The molecule has 0 bridgehead atoms. The van der Waals surface area contributed by atoms with E-state index in [0.29, 0.717) is 17.1 Å². The minimum atomic E-state index is -0.378. The van der Waals surface area contributed by atoms with Crippen LogP contribution in [0, 0.1) is 0 Å². The van der Waals surface area contributed by atoms with Crippen LogP contribution in [0.25, 0.3) is 0 Å². The SMILES string of the molecule is COc1cccc(NC(=O)CC(=O)Nc2ccc(C(C)(C)C)cc2)c1. The van der Waals surface area contributed by atoms with Crippen LogP contribution in [-0.4, -0.2) is 18.9 Å². The van der Waals surface area contributed by atoms with Crippen LogP contribution in [0.4, 0.5) is 11.4 Å². The van der Waals surface area contributed by atoms with Gasteiger partial charge in [0.15, 0.2) is 0 Å². The van der Waals surface area contributed by atoms with Crippen molar-refractivity contribution in [3.05, 3.63) is 54.1 Å². The van der Waals surface area contributed by atoms with Gasteiger partial charge in [-0.2, -0.15) is 0 Å². The second kappa shape index (κ2) is 7.83. The molecule has 0 spiro atoms. The number of hydrogen-bond donors (Lipinski definition) is 2. The molecule has 0 atom stereocenters. The average molecular weight is 340 g/mol. The van der Waals surface area contributed by atoms with Gasteiger partial charge >= 0.3 is 0 Å². The van der Waals surface area contributed by atoms with Gasteiger partial charge in [-0.25, -0.2) is 0 Å². The molecular weight excluding hydrogens is 316 g/mol. The zero-order valence-electron chi connectivity index (χ0n) is 15.1. The molecule has 0 aliphatic carbocycles. The number of hydrogen-bond acceptors (Lipinski definition) is 3. The van der Waals surface area contributed by atoms with Gasteiger partial charge in [-0.05, 0) is 35.2 Å². The Morgan fingerprint density at radius 2 is 1.52 bits per heavy atom. The predicted molar refractivity (Wildman–Crippen MR) is 100 cm³/mol. The second-order valence-corrected chi connectivity index (χ2v) is 6.83. The zero-order valence-corrected chi connectivity index (χ0v) is 15.1. The topological polar surface area (TPSA) is 67.4 Å². The number of carbonyl (C=O) groups is 2. The summed E-state index contributed by atoms with van der Waals surface area (Å²) in [6, 6.07) is 14.6. The van der Waals surface area contributed by atoms with Crippen LogP contribution in [0.2, 0.25) is 0 Å². The Bertz CT molecular complexity index is 746. The first kappa shape index (κ1) is 18.5. The third-order valence-corrected chi connectivity index (χ3v) is 3.71. The van der Waals surface area contributed by atoms with Crippen molar-refractivity contribution in [1.82, 2.24) is 0 Å². The summed E-state index contributed by atoms with van der Waals surface area (Å²) < 4.78 is 5.10. The number of ether oxygens (including phenoxy) is 1. The van der Waals surface area contributed by atoms with E-state index in [1.54, 1.807) is 31.4 Å². The van der Waals surface area contributed by atoms with Crippen LogP contribution < -0.4 is 15.4 Å². The van der Waals surface area contributed by atoms with E-state index in [1.165, 1.54) is 5.56 Å². The Morgan fingerprint density at radius 3 is 2.08 bits per heavy atom. The fraction of sp³-hybridized carbons (Fsp3) is 0.300. The van der Waals surface area contributed by atoms with Gasteiger partial charge in [-0.15, -0.1) is 0 Å². The summed E-state index contributed by atoms with van der Waals surface area (Å²) in [4.78, 5) is 24.0. The Hall–Kier alpha value is -2.82. The average Bonchev–Trinajstić information content (AvgIpc) is 2.54. The summed E-state index contributed by atoms with van der Waals surface area (Å²) >= 11 is 0. The number of methoxy groups -OCH3 is 1. The van der Waals surface area contributed by atoms with Crippen molar-refractivity contribution in [2.75, 3.05) is 17.7 Å². The molecule has 0 aromatic heterocycles. The van der Waals surface area contributed by atoms with E-state index in [-0.39, 0.29) is 23.7 Å². The van der Waals surface area contributed by atoms with E-state index < -0.39 is 0 Å². The Kier molecular flexibility index (Phi) is 5.80. The van der Waals surface area contributed by atoms with Crippen LogP contribution in [0.5, 0.6) is 5.75 Å². The van der Waals surface area contributed by atoms with Gasteiger partial charge in [-0.1, -0.05) is 39.0 Å². The van der Waals surface area contributed by atoms with Crippen LogP contribution >= 0.6 is 0 Å². The Labute approximate surface area is 148 Å². The maximum Gasteiger partial charge on any atom is 0.233 e. The van der Waals surface area contributed by atoms with Crippen molar-refractivity contribution >= 4 is 23.2 Å². The highest BCUT2D eigenvalue weighted by Crippen LogP contribution is 2.23. The van der Waals surface area contributed by atoms with Crippen molar-refractivity contribution in [1.29, 1.82) is 0 Å². The molecule has 2 aromatic rings. The monoisotopic (exact) mass is 340 g/mol. The van der Waals surface area contributed by atoms with Gasteiger partial charge in [-0.3, -0.25) is 9.59 Å². The first-order chi connectivity index (χ1) is 11.8. The van der Waals surface area contributed by atoms with E-state index in [9.17, 15) is 9.59 Å². The molecule has 0 radical (unpaired) electrons. The number of benzene rings is 2. The molecule has 0 saturated carbocycles. The second-order valence-electron chi connectivity index (χ2n) is 6.83. The van der Waals surface area contributed by atoms with Gasteiger partial charge < -0.3 is 15.4 Å². The zero-order chi connectivity index (χ0) is 18.4. The van der Waals surface area contributed by atoms with Gasteiger partial charge in [0.1, 0.15) is 12.2 Å². The summed E-state index contributed by atoms with van der Waals surface area (Å²) in [6.45, 7) is 6.39. The van der Waals surface area contributed by atoms with Crippen LogP contribution in [0.15, 0.2) is 48.5 Å². The Balaban J connectivity index is 1.90. The van der Waals surface area contributed by atoms with Gasteiger partial charge in [0.2, 0.25) is 11.8 Å². The summed E-state index contributed by atoms with van der Waals surface area (Å²) in [5.41, 5.74) is 2.50. The van der Waals surface area contributed by atoms with E-state index in [0.717, 1.165) is 0 Å². The number of rotatable bonds is 5. The third kappa shape index (κ3) is 5.64. The van der Waals surface area contributed by atoms with Crippen molar-refractivity contribution < 1.29 is 14.3 Å². The molecule has 132 valence electrons. The van der Waals surface area contributed by atoms with Crippen molar-refractivity contribution in [2.45, 2.75) is 32.6 Å². The molecular formula is C20H24N2O3. The first-order valence-corrected chi connectivity index (χ1v) is 8.12. The summed E-state index contributed by atoms with van der Waals surface area (Å²) in [7, 11) is 1.55. The summed E-state index contributed by atoms with van der Waals surface area (Å²) in [6.07, 6.45) is -0.252. The number of carbonyl (C=O) groups excluding carboxylic acids is 2. The summed E-state index contributed by atoms with van der Waals surface area (Å²) in [5.74, 6) is -0.0952. The van der Waals surface area contributed by atoms with Crippen LogP contribution in [0.3, 0.4) is 0 Å². The minimum Gasteiger partial charge on any atom is -0.497 e. The van der Waals surface area contributed by atoms with Gasteiger partial charge in [0.05, 0.1) is 7.11 Å². The largest absolute Gasteiger partial charge is 0.497 e. The number of anilines is 2. The van der Waals surface area contributed by atoms with E-state index in [1.807, 2.05) is 24.3 Å². The molecule has 2 aromatic carbocycles. The number of nitrogens with one attached hydrogen (secondary N) is 2. The predicted octanol–water partition coefficient (Wildman–Crippen LogP) is 3.96. The fourth-order valence-electron chi connectivity index (χ4n) is 2.31. The van der Waals surface area contributed by atoms with Gasteiger partial charge in [0, 0.05) is 17.4 Å². The highest BCUT2D eigenvalue weighted by molar-refractivity contribution is 6.08. The highest BCUT2D eigenvalue weighted by atomic mass is 16.5. The molecule has 0 aliphatic rings. The lowest BCUT2D eigenvalue weighted by molar-refractivity contribution is -0.123. The molecule has 5 heteroatoms. The minimum absolute atomic E-state index is 0.0547. The maximum atomic E-state index is 12.0. The standard InChI is InChI=1S/C20H24N2O3/c1-20(2,3)14-8-10-15(11-9-14)21-18(23)13-19(24)22-16-6-5-7-17(12-16)25-4/h5-12H,13H2,1-4H3,(H,21,23)(H,22,24). The number of amides is 2. The normalized spacial score (nSPS) is 10.9. The quantitative estimate of drug-likeness (QED) is 0.810. The lowest BCUT2D eigenvalue weighted by Crippen LogP contribution is -2.21. The van der Waals surface area contributed by atoms with Crippen molar-refractivity contribution in [3.63, 3.8) is 0 Å². The molecule has 0 aliphatic heterocycles. The molecule has 2 rings (SSSR count). The fourth-order valence-corrected chi connectivity index (χ4v) is 2.31. The summed E-state index contributed by atoms with van der Waals surface area (Å²) in [5, 5.41) is 5.42. The molecule has 0 saturated heterocycles. The van der Waals surface area contributed by atoms with Crippen molar-refractivity contribution in [3.8, 4) is 5.75 Å². The van der Waals surface area contributed by atoms with Crippen LogP contribution in [-0.2, 0) is 15.0 Å². The molecule has 2 N–H and O–H groups in total. The van der Waals surface area contributed by atoms with Crippen LogP contribution in [0.1, 0.15) is 32.8 Å². The van der Waals surface area contributed by atoms with E-state index in [2.05, 4.69) is 31.4 Å². The molecule has 25 heavy (non-hydrogen) atoms. The van der Waals surface area contributed by atoms with Crippen molar-refractivity contribution in [2.24, 2.45) is 0 Å². The highest BCUT2D eigenvalue weighted by Gasteiger charge is 2.14. The Morgan fingerprint density at radius 1 is 0.920 bits per heavy atom. The molecule has 0 unspecified atom stereocenters. The van der Waals surface area contributed by atoms with E-state index in [4.69, 9.17) is 4.74 Å². The smallest absolute Gasteiger partial charge is 0.233 e. The lowest BCUT2D eigenvalue weighted by atomic mass is 9.87.